The average molecular weight is 278 g/mol. The Morgan fingerprint density at radius 2 is 1.90 bits per heavy atom. The van der Waals surface area contributed by atoms with Gasteiger partial charge in [0.25, 0.3) is 0 Å². The van der Waals surface area contributed by atoms with E-state index in [9.17, 15) is 9.59 Å². The summed E-state index contributed by atoms with van der Waals surface area (Å²) in [5.74, 6) is -0.217. The van der Waals surface area contributed by atoms with Crippen LogP contribution in [-0.4, -0.2) is 44.5 Å². The van der Waals surface area contributed by atoms with E-state index in [1.807, 2.05) is 31.3 Å². The van der Waals surface area contributed by atoms with Crippen LogP contribution in [0.4, 0.5) is 0 Å². The van der Waals surface area contributed by atoms with Crippen molar-refractivity contribution in [3.8, 4) is 0 Å². The second-order valence-electron chi connectivity index (χ2n) is 4.68. The van der Waals surface area contributed by atoms with E-state index in [1.54, 1.807) is 7.05 Å². The van der Waals surface area contributed by atoms with E-state index in [1.165, 1.54) is 7.11 Å². The third-order valence-corrected chi connectivity index (χ3v) is 3.12. The first-order chi connectivity index (χ1) is 9.56. The molecule has 1 aromatic rings. The molecule has 0 saturated carbocycles. The number of hydrogen-bond donors (Lipinski definition) is 1. The molecule has 1 amide bonds. The highest BCUT2D eigenvalue weighted by molar-refractivity contribution is 5.75. The monoisotopic (exact) mass is 278 g/mol. The van der Waals surface area contributed by atoms with E-state index < -0.39 is 0 Å². The quantitative estimate of drug-likeness (QED) is 0.755. The molecular formula is C15H22N2O3. The van der Waals surface area contributed by atoms with Crippen LogP contribution >= 0.6 is 0 Å². The van der Waals surface area contributed by atoms with Crippen LogP contribution in [0.3, 0.4) is 0 Å². The number of nitrogens with one attached hydrogen (secondary N) is 1. The Balaban J connectivity index is 2.62. The molecule has 20 heavy (non-hydrogen) atoms. The second-order valence-corrected chi connectivity index (χ2v) is 4.68. The van der Waals surface area contributed by atoms with Gasteiger partial charge in [-0.1, -0.05) is 24.3 Å². The summed E-state index contributed by atoms with van der Waals surface area (Å²) in [5, 5.41) is 2.60. The van der Waals surface area contributed by atoms with Crippen molar-refractivity contribution in [2.45, 2.75) is 19.4 Å². The number of benzene rings is 1. The largest absolute Gasteiger partial charge is 0.469 e. The van der Waals surface area contributed by atoms with Gasteiger partial charge < -0.3 is 15.0 Å². The van der Waals surface area contributed by atoms with E-state index in [-0.39, 0.29) is 18.3 Å². The number of amides is 1. The maximum absolute atomic E-state index is 11.4. The third kappa shape index (κ3) is 5.40. The predicted molar refractivity (Wildman–Crippen MR) is 77.2 cm³/mol. The SMILES string of the molecule is CNC(=O)CCN(C)Cc1ccccc1CC(=O)OC. The summed E-state index contributed by atoms with van der Waals surface area (Å²) in [6.07, 6.45) is 0.738. The number of hydrogen-bond acceptors (Lipinski definition) is 4. The van der Waals surface area contributed by atoms with E-state index in [0.29, 0.717) is 19.5 Å². The summed E-state index contributed by atoms with van der Waals surface area (Å²) in [5.41, 5.74) is 2.04. The Kier molecular flexibility index (Phi) is 6.73. The van der Waals surface area contributed by atoms with Crippen LogP contribution in [0.15, 0.2) is 24.3 Å². The molecule has 0 fully saturated rings. The molecule has 0 spiro atoms. The number of carbonyl (C=O) groups is 2. The molecular weight excluding hydrogens is 256 g/mol. The molecule has 0 heterocycles. The van der Waals surface area contributed by atoms with Crippen molar-refractivity contribution in [3.05, 3.63) is 35.4 Å². The van der Waals surface area contributed by atoms with Gasteiger partial charge in [-0.2, -0.15) is 0 Å². The molecule has 0 saturated heterocycles. The Hall–Kier alpha value is -1.88. The van der Waals surface area contributed by atoms with E-state index >= 15 is 0 Å². The van der Waals surface area contributed by atoms with Crippen molar-refractivity contribution < 1.29 is 14.3 Å². The molecule has 110 valence electrons. The van der Waals surface area contributed by atoms with Crippen molar-refractivity contribution in [2.75, 3.05) is 27.7 Å². The van der Waals surface area contributed by atoms with E-state index in [2.05, 4.69) is 10.2 Å². The summed E-state index contributed by atoms with van der Waals surface area (Å²) in [6.45, 7) is 1.37. The van der Waals surface area contributed by atoms with Crippen LogP contribution in [0, 0.1) is 0 Å². The smallest absolute Gasteiger partial charge is 0.309 e. The first kappa shape index (κ1) is 16.2. The number of nitrogens with zero attached hydrogens (tertiary/aromatic N) is 1. The highest BCUT2D eigenvalue weighted by Gasteiger charge is 2.10. The molecule has 0 atom stereocenters. The minimum atomic E-state index is -0.245. The molecule has 0 aliphatic carbocycles. The number of rotatable bonds is 7. The zero-order chi connectivity index (χ0) is 15.0. The molecule has 1 aromatic carbocycles. The van der Waals surface area contributed by atoms with Gasteiger partial charge >= 0.3 is 5.97 Å². The van der Waals surface area contributed by atoms with Crippen LogP contribution in [0.5, 0.6) is 0 Å². The maximum atomic E-state index is 11.4. The fourth-order valence-corrected chi connectivity index (χ4v) is 1.90. The Bertz CT molecular complexity index is 460. The topological polar surface area (TPSA) is 58.6 Å². The molecule has 0 aromatic heterocycles. The number of ether oxygens (including phenoxy) is 1. The summed E-state index contributed by atoms with van der Waals surface area (Å²) in [4.78, 5) is 24.7. The standard InChI is InChI=1S/C15H22N2O3/c1-16-14(18)8-9-17(2)11-13-7-5-4-6-12(13)10-15(19)20-3/h4-7H,8-11H2,1-3H3,(H,16,18). The molecule has 0 aliphatic rings. The molecule has 0 unspecified atom stereocenters. The van der Waals surface area contributed by atoms with Crippen molar-refractivity contribution in [2.24, 2.45) is 0 Å². The normalized spacial score (nSPS) is 10.4. The van der Waals surface area contributed by atoms with Gasteiger partial charge in [0.1, 0.15) is 0 Å². The minimum absolute atomic E-state index is 0.0275. The van der Waals surface area contributed by atoms with Crippen LogP contribution in [0.2, 0.25) is 0 Å². The fourth-order valence-electron chi connectivity index (χ4n) is 1.90. The molecule has 1 rings (SSSR count). The lowest BCUT2D eigenvalue weighted by Crippen LogP contribution is -2.26. The van der Waals surface area contributed by atoms with Gasteiger partial charge in [-0.05, 0) is 18.2 Å². The van der Waals surface area contributed by atoms with Crippen LogP contribution in [0.1, 0.15) is 17.5 Å². The Morgan fingerprint density at radius 3 is 2.50 bits per heavy atom. The van der Waals surface area contributed by atoms with Gasteiger partial charge in [-0.3, -0.25) is 9.59 Å². The van der Waals surface area contributed by atoms with Gasteiger partial charge in [0, 0.05) is 26.6 Å². The lowest BCUT2D eigenvalue weighted by molar-refractivity contribution is -0.139. The van der Waals surface area contributed by atoms with Crippen LogP contribution in [0.25, 0.3) is 0 Å². The van der Waals surface area contributed by atoms with Gasteiger partial charge in [0.05, 0.1) is 13.5 Å². The molecule has 5 nitrogen and oxygen atoms in total. The molecule has 5 heteroatoms. The summed E-state index contributed by atoms with van der Waals surface area (Å²) in [6, 6.07) is 7.78. The van der Waals surface area contributed by atoms with Gasteiger partial charge in [0.2, 0.25) is 5.91 Å². The molecule has 0 radical (unpaired) electrons. The zero-order valence-electron chi connectivity index (χ0n) is 12.3. The summed E-state index contributed by atoms with van der Waals surface area (Å²) >= 11 is 0. The number of esters is 1. The first-order valence-corrected chi connectivity index (χ1v) is 6.59. The van der Waals surface area contributed by atoms with E-state index in [4.69, 9.17) is 4.74 Å². The van der Waals surface area contributed by atoms with Crippen molar-refractivity contribution in [1.29, 1.82) is 0 Å². The molecule has 0 bridgehead atoms. The number of methoxy groups -OCH3 is 1. The van der Waals surface area contributed by atoms with Crippen molar-refractivity contribution >= 4 is 11.9 Å². The average Bonchev–Trinajstić information content (AvgIpc) is 2.46. The van der Waals surface area contributed by atoms with Crippen molar-refractivity contribution in [1.82, 2.24) is 10.2 Å². The summed E-state index contributed by atoms with van der Waals surface area (Å²) in [7, 11) is 4.98. The first-order valence-electron chi connectivity index (χ1n) is 6.59. The number of carbonyl (C=O) groups excluding carboxylic acids is 2. The highest BCUT2D eigenvalue weighted by Crippen LogP contribution is 2.12. The highest BCUT2D eigenvalue weighted by atomic mass is 16.5. The molecule has 1 N–H and O–H groups in total. The third-order valence-electron chi connectivity index (χ3n) is 3.12. The second kappa shape index (κ2) is 8.32. The summed E-state index contributed by atoms with van der Waals surface area (Å²) < 4.78 is 4.70. The van der Waals surface area contributed by atoms with E-state index in [0.717, 1.165) is 11.1 Å². The minimum Gasteiger partial charge on any atom is -0.469 e. The van der Waals surface area contributed by atoms with Gasteiger partial charge in [0.15, 0.2) is 0 Å². The lowest BCUT2D eigenvalue weighted by atomic mass is 10.0. The van der Waals surface area contributed by atoms with Crippen molar-refractivity contribution in [3.63, 3.8) is 0 Å². The lowest BCUT2D eigenvalue weighted by Gasteiger charge is -2.18. The Morgan fingerprint density at radius 1 is 1.25 bits per heavy atom. The van der Waals surface area contributed by atoms with Crippen LogP contribution in [-0.2, 0) is 27.3 Å². The zero-order valence-corrected chi connectivity index (χ0v) is 12.3. The maximum Gasteiger partial charge on any atom is 0.309 e. The predicted octanol–water partition coefficient (Wildman–Crippen LogP) is 0.970. The van der Waals surface area contributed by atoms with Gasteiger partial charge in [-0.25, -0.2) is 0 Å². The fraction of sp³-hybridized carbons (Fsp3) is 0.467. The Labute approximate surface area is 119 Å². The van der Waals surface area contributed by atoms with Gasteiger partial charge in [-0.15, -0.1) is 0 Å². The van der Waals surface area contributed by atoms with Crippen LogP contribution < -0.4 is 5.32 Å². The molecule has 0 aliphatic heterocycles.